The highest BCUT2D eigenvalue weighted by atomic mass is 16.3. The van der Waals surface area contributed by atoms with Crippen molar-refractivity contribution >= 4 is 10.8 Å². The first kappa shape index (κ1) is 13.5. The summed E-state index contributed by atoms with van der Waals surface area (Å²) < 4.78 is 0. The number of benzene rings is 3. The number of aromatic hydroxyl groups is 2. The molecule has 0 heterocycles. The first-order valence-electron chi connectivity index (χ1n) is 7.23. The van der Waals surface area contributed by atoms with Crippen LogP contribution in [0.5, 0.6) is 11.5 Å². The molecule has 3 aromatic carbocycles. The minimum atomic E-state index is 0.279. The highest BCUT2D eigenvalue weighted by Gasteiger charge is 2.09. The maximum absolute atomic E-state index is 9.64. The maximum Gasteiger partial charge on any atom is 0.116 e. The molecule has 3 rings (SSSR count). The normalized spacial score (nSPS) is 10.9. The Bertz CT molecular complexity index is 773. The molecule has 0 atom stereocenters. The van der Waals surface area contributed by atoms with Crippen molar-refractivity contribution in [3.63, 3.8) is 0 Å². The van der Waals surface area contributed by atoms with E-state index < -0.39 is 0 Å². The summed E-state index contributed by atoms with van der Waals surface area (Å²) in [6.45, 7) is 2.17. The van der Waals surface area contributed by atoms with E-state index in [2.05, 4.69) is 13.0 Å². The molecule has 2 heteroatoms. The molecule has 0 aliphatic carbocycles. The number of aryl methyl sites for hydroxylation is 1. The molecule has 3 aromatic rings. The predicted octanol–water partition coefficient (Wildman–Crippen LogP) is 4.87. The summed E-state index contributed by atoms with van der Waals surface area (Å²) in [6.07, 6.45) is 2.05. The van der Waals surface area contributed by atoms with Crippen LogP contribution < -0.4 is 0 Å². The fourth-order valence-corrected chi connectivity index (χ4v) is 2.81. The third-order valence-corrected chi connectivity index (χ3v) is 3.79. The van der Waals surface area contributed by atoms with Gasteiger partial charge in [-0.2, -0.15) is 0 Å². The van der Waals surface area contributed by atoms with E-state index in [4.69, 9.17) is 0 Å². The van der Waals surface area contributed by atoms with Crippen LogP contribution >= 0.6 is 0 Å². The molecule has 0 radical (unpaired) electrons. The molecule has 0 spiro atoms. The van der Waals surface area contributed by atoms with Gasteiger partial charge in [-0.15, -0.1) is 0 Å². The van der Waals surface area contributed by atoms with E-state index in [0.29, 0.717) is 5.75 Å². The second-order valence-electron chi connectivity index (χ2n) is 5.29. The lowest BCUT2D eigenvalue weighted by molar-refractivity contribution is 0.475. The van der Waals surface area contributed by atoms with Gasteiger partial charge < -0.3 is 10.2 Å². The van der Waals surface area contributed by atoms with Gasteiger partial charge in [0.05, 0.1) is 0 Å². The minimum Gasteiger partial charge on any atom is -0.508 e. The largest absolute Gasteiger partial charge is 0.508 e. The molecule has 0 fully saturated rings. The van der Waals surface area contributed by atoms with E-state index in [1.54, 1.807) is 24.3 Å². The zero-order valence-corrected chi connectivity index (χ0v) is 12.0. The van der Waals surface area contributed by atoms with Crippen LogP contribution in [0.1, 0.15) is 18.9 Å². The van der Waals surface area contributed by atoms with Crippen molar-refractivity contribution in [2.75, 3.05) is 0 Å². The molecular weight excluding hydrogens is 260 g/mol. The zero-order chi connectivity index (χ0) is 14.8. The van der Waals surface area contributed by atoms with Gasteiger partial charge in [-0.1, -0.05) is 43.7 Å². The van der Waals surface area contributed by atoms with Crippen molar-refractivity contribution in [2.24, 2.45) is 0 Å². The number of hydrogen-bond acceptors (Lipinski definition) is 2. The molecule has 0 saturated heterocycles. The summed E-state index contributed by atoms with van der Waals surface area (Å²) in [6, 6.07) is 17.0. The van der Waals surface area contributed by atoms with E-state index in [9.17, 15) is 10.2 Å². The van der Waals surface area contributed by atoms with E-state index in [1.807, 2.05) is 24.3 Å². The maximum atomic E-state index is 9.64. The van der Waals surface area contributed by atoms with Crippen LogP contribution in [-0.4, -0.2) is 10.2 Å². The van der Waals surface area contributed by atoms with Gasteiger partial charge in [0.15, 0.2) is 0 Å². The van der Waals surface area contributed by atoms with Crippen LogP contribution in [0.3, 0.4) is 0 Å². The second-order valence-corrected chi connectivity index (χ2v) is 5.29. The van der Waals surface area contributed by atoms with Crippen LogP contribution in [-0.2, 0) is 6.42 Å². The van der Waals surface area contributed by atoms with Crippen LogP contribution in [0.2, 0.25) is 0 Å². The molecule has 106 valence electrons. The van der Waals surface area contributed by atoms with Crippen molar-refractivity contribution in [1.82, 2.24) is 0 Å². The smallest absolute Gasteiger partial charge is 0.116 e. The second kappa shape index (κ2) is 5.49. The average Bonchev–Trinajstić information content (AvgIpc) is 2.48. The molecule has 0 unspecified atom stereocenters. The van der Waals surface area contributed by atoms with E-state index in [0.717, 1.165) is 23.8 Å². The Morgan fingerprint density at radius 3 is 2.24 bits per heavy atom. The Kier molecular flexibility index (Phi) is 3.53. The number of rotatable bonds is 3. The Labute approximate surface area is 124 Å². The third-order valence-electron chi connectivity index (χ3n) is 3.79. The van der Waals surface area contributed by atoms with Crippen LogP contribution in [0.4, 0.5) is 0 Å². The van der Waals surface area contributed by atoms with Gasteiger partial charge in [-0.25, -0.2) is 0 Å². The van der Waals surface area contributed by atoms with Crippen LogP contribution in [0, 0.1) is 0 Å². The molecule has 0 aliphatic rings. The van der Waals surface area contributed by atoms with Crippen LogP contribution in [0.15, 0.2) is 54.6 Å². The van der Waals surface area contributed by atoms with Gasteiger partial charge in [0.25, 0.3) is 0 Å². The van der Waals surface area contributed by atoms with Gasteiger partial charge in [-0.3, -0.25) is 0 Å². The quantitative estimate of drug-likeness (QED) is 0.717. The number of hydrogen-bond donors (Lipinski definition) is 2. The molecule has 21 heavy (non-hydrogen) atoms. The molecular formula is C19H18O2. The SMILES string of the molecule is CCCc1c(-c2ccc(O)cc2)ccc2cc(O)ccc12. The van der Waals surface area contributed by atoms with Crippen molar-refractivity contribution in [3.05, 3.63) is 60.2 Å². The Morgan fingerprint density at radius 1 is 0.810 bits per heavy atom. The Morgan fingerprint density at radius 2 is 1.52 bits per heavy atom. The van der Waals surface area contributed by atoms with Crippen LogP contribution in [0.25, 0.3) is 21.9 Å². The monoisotopic (exact) mass is 278 g/mol. The van der Waals surface area contributed by atoms with E-state index in [1.165, 1.54) is 16.5 Å². The van der Waals surface area contributed by atoms with Gasteiger partial charge in [0.1, 0.15) is 11.5 Å². The van der Waals surface area contributed by atoms with Crippen molar-refractivity contribution in [3.8, 4) is 22.6 Å². The summed E-state index contributed by atoms with van der Waals surface area (Å²) in [5.41, 5.74) is 3.59. The minimum absolute atomic E-state index is 0.279. The lowest BCUT2D eigenvalue weighted by Crippen LogP contribution is -1.92. The van der Waals surface area contributed by atoms with Crippen molar-refractivity contribution < 1.29 is 10.2 Å². The average molecular weight is 278 g/mol. The molecule has 2 nitrogen and oxygen atoms in total. The van der Waals surface area contributed by atoms with E-state index >= 15 is 0 Å². The van der Waals surface area contributed by atoms with Gasteiger partial charge in [0, 0.05) is 0 Å². The van der Waals surface area contributed by atoms with Gasteiger partial charge in [-0.05, 0) is 58.1 Å². The summed E-state index contributed by atoms with van der Waals surface area (Å²) in [7, 11) is 0. The molecule has 0 amide bonds. The first-order valence-corrected chi connectivity index (χ1v) is 7.23. The zero-order valence-electron chi connectivity index (χ0n) is 12.0. The third kappa shape index (κ3) is 2.57. The van der Waals surface area contributed by atoms with E-state index in [-0.39, 0.29) is 5.75 Å². The molecule has 0 aliphatic heterocycles. The molecule has 0 aromatic heterocycles. The summed E-state index contributed by atoms with van der Waals surface area (Å²) in [5.74, 6) is 0.573. The number of fused-ring (bicyclic) bond motifs is 1. The summed E-state index contributed by atoms with van der Waals surface area (Å²) >= 11 is 0. The Balaban J connectivity index is 2.24. The lowest BCUT2D eigenvalue weighted by Gasteiger charge is -2.13. The van der Waals surface area contributed by atoms with Gasteiger partial charge in [0.2, 0.25) is 0 Å². The lowest BCUT2D eigenvalue weighted by atomic mass is 9.91. The summed E-state index contributed by atoms with van der Waals surface area (Å²) in [5, 5.41) is 21.3. The molecule has 2 N–H and O–H groups in total. The van der Waals surface area contributed by atoms with Gasteiger partial charge >= 0.3 is 0 Å². The van der Waals surface area contributed by atoms with Crippen molar-refractivity contribution in [2.45, 2.75) is 19.8 Å². The highest BCUT2D eigenvalue weighted by Crippen LogP contribution is 2.33. The first-order chi connectivity index (χ1) is 10.2. The van der Waals surface area contributed by atoms with Crippen molar-refractivity contribution in [1.29, 1.82) is 0 Å². The fourth-order valence-electron chi connectivity index (χ4n) is 2.81. The fraction of sp³-hybridized carbons (Fsp3) is 0.158. The molecule has 0 saturated carbocycles. The molecule has 0 bridgehead atoms. The standard InChI is InChI=1S/C19H18O2/c1-2-3-19-17(13-4-7-15(20)8-5-13)10-6-14-12-16(21)9-11-18(14)19/h4-12,20-21H,2-3H2,1H3. The number of phenolic OH excluding ortho intramolecular Hbond substituents is 2. The Hall–Kier alpha value is -2.48. The summed E-state index contributed by atoms with van der Waals surface area (Å²) in [4.78, 5) is 0. The predicted molar refractivity (Wildman–Crippen MR) is 86.7 cm³/mol. The number of phenols is 2. The topological polar surface area (TPSA) is 40.5 Å². The highest BCUT2D eigenvalue weighted by molar-refractivity contribution is 5.92.